The first-order valence-electron chi connectivity index (χ1n) is 5.15. The average molecular weight is 240 g/mol. The lowest BCUT2D eigenvalue weighted by Crippen LogP contribution is -2.12. The van der Waals surface area contributed by atoms with Crippen LogP contribution in [0.4, 0.5) is 0 Å². The number of Topliss-reactive ketones (excluding diaryl/α,β-unsaturated/α-hetero) is 2. The standard InChI is InChI=1S/C12H16O5/c1-4-11(16)10(5-6-17-7-13)12(8(2)14)9(3)15/h5,7,14H,4,6H2,1-3H3/b10-5-,12-8+. The van der Waals surface area contributed by atoms with Crippen LogP contribution in [0.15, 0.2) is 23.0 Å². The predicted molar refractivity (Wildman–Crippen MR) is 61.4 cm³/mol. The van der Waals surface area contributed by atoms with Crippen LogP contribution in [0.3, 0.4) is 0 Å². The van der Waals surface area contributed by atoms with Gasteiger partial charge in [-0.05, 0) is 19.9 Å². The normalized spacial score (nSPS) is 12.8. The Bertz CT molecular complexity index is 372. The smallest absolute Gasteiger partial charge is 0.293 e. The molecule has 5 heteroatoms. The molecule has 0 aliphatic carbocycles. The lowest BCUT2D eigenvalue weighted by atomic mass is 9.96. The van der Waals surface area contributed by atoms with Crippen molar-refractivity contribution in [3.05, 3.63) is 23.0 Å². The Labute approximate surface area is 99.8 Å². The molecule has 0 aromatic carbocycles. The van der Waals surface area contributed by atoms with E-state index in [1.165, 1.54) is 19.9 Å². The summed E-state index contributed by atoms with van der Waals surface area (Å²) in [7, 11) is 0. The van der Waals surface area contributed by atoms with E-state index in [0.29, 0.717) is 0 Å². The molecule has 0 spiro atoms. The number of carbonyl (C=O) groups is 3. The van der Waals surface area contributed by atoms with Crippen LogP contribution in [0.2, 0.25) is 0 Å². The van der Waals surface area contributed by atoms with E-state index in [1.807, 2.05) is 0 Å². The van der Waals surface area contributed by atoms with Gasteiger partial charge in [0.15, 0.2) is 11.6 Å². The van der Waals surface area contributed by atoms with E-state index in [1.54, 1.807) is 6.92 Å². The molecule has 0 radical (unpaired) electrons. The maximum Gasteiger partial charge on any atom is 0.293 e. The SMILES string of the molecule is CCC(=O)C(=C/COC=O)/C(C(C)=O)=C(\C)O. The van der Waals surface area contributed by atoms with E-state index in [9.17, 15) is 19.5 Å². The highest BCUT2D eigenvalue weighted by atomic mass is 16.5. The fraction of sp³-hybridized carbons (Fsp3) is 0.417. The Kier molecular flexibility index (Phi) is 6.55. The van der Waals surface area contributed by atoms with Gasteiger partial charge in [-0.2, -0.15) is 0 Å². The summed E-state index contributed by atoms with van der Waals surface area (Å²) in [6.07, 6.45) is 1.51. The lowest BCUT2D eigenvalue weighted by Gasteiger charge is -2.08. The largest absolute Gasteiger partial charge is 0.512 e. The van der Waals surface area contributed by atoms with Crippen LogP contribution < -0.4 is 0 Å². The molecule has 17 heavy (non-hydrogen) atoms. The summed E-state index contributed by atoms with van der Waals surface area (Å²) >= 11 is 0. The quantitative estimate of drug-likeness (QED) is 0.240. The summed E-state index contributed by atoms with van der Waals surface area (Å²) in [6, 6.07) is 0. The third-order valence-electron chi connectivity index (χ3n) is 2.06. The number of hydrogen-bond donors (Lipinski definition) is 1. The topological polar surface area (TPSA) is 80.7 Å². The highest BCUT2D eigenvalue weighted by molar-refractivity contribution is 6.11. The summed E-state index contributed by atoms with van der Waals surface area (Å²) in [6.45, 7) is 4.35. The zero-order valence-electron chi connectivity index (χ0n) is 10.1. The number of ether oxygens (including phenoxy) is 1. The van der Waals surface area contributed by atoms with Crippen molar-refractivity contribution in [2.45, 2.75) is 27.2 Å². The van der Waals surface area contributed by atoms with Gasteiger partial charge in [-0.1, -0.05) is 6.92 Å². The summed E-state index contributed by atoms with van der Waals surface area (Å²) in [5.74, 6) is -0.932. The van der Waals surface area contributed by atoms with Crippen LogP contribution in [0.5, 0.6) is 0 Å². The van der Waals surface area contributed by atoms with Crippen LogP contribution in [0.1, 0.15) is 27.2 Å². The number of carbonyl (C=O) groups excluding carboxylic acids is 3. The van der Waals surface area contributed by atoms with Gasteiger partial charge >= 0.3 is 0 Å². The van der Waals surface area contributed by atoms with Crippen molar-refractivity contribution in [1.82, 2.24) is 0 Å². The first kappa shape index (κ1) is 15.1. The Morgan fingerprint density at radius 3 is 2.24 bits per heavy atom. The Morgan fingerprint density at radius 2 is 1.88 bits per heavy atom. The van der Waals surface area contributed by atoms with Gasteiger partial charge in [0.05, 0.1) is 5.57 Å². The molecule has 0 saturated heterocycles. The number of rotatable bonds is 7. The molecule has 1 N–H and O–H groups in total. The molecule has 0 aromatic heterocycles. The van der Waals surface area contributed by atoms with Crippen molar-refractivity contribution in [2.24, 2.45) is 0 Å². The molecule has 0 amide bonds. The molecule has 0 heterocycles. The van der Waals surface area contributed by atoms with Gasteiger partial charge in [-0.25, -0.2) is 0 Å². The molecule has 5 nitrogen and oxygen atoms in total. The van der Waals surface area contributed by atoms with E-state index in [4.69, 9.17) is 0 Å². The number of allylic oxidation sites excluding steroid dienone is 3. The van der Waals surface area contributed by atoms with Gasteiger partial charge in [0.25, 0.3) is 6.47 Å². The minimum absolute atomic E-state index is 0.0358. The van der Waals surface area contributed by atoms with Crippen molar-refractivity contribution < 1.29 is 24.2 Å². The van der Waals surface area contributed by atoms with Crippen molar-refractivity contribution in [1.29, 1.82) is 0 Å². The summed E-state index contributed by atoms with van der Waals surface area (Å²) in [5, 5.41) is 9.41. The molecule has 0 rings (SSSR count). The molecule has 0 bridgehead atoms. The number of aliphatic hydroxyl groups is 1. The number of hydrogen-bond acceptors (Lipinski definition) is 5. The molecule has 0 saturated carbocycles. The first-order chi connectivity index (χ1) is 7.95. The van der Waals surface area contributed by atoms with Crippen molar-refractivity contribution >= 4 is 18.0 Å². The van der Waals surface area contributed by atoms with Crippen molar-refractivity contribution in [3.8, 4) is 0 Å². The monoisotopic (exact) mass is 240 g/mol. The maximum absolute atomic E-state index is 11.6. The molecule has 0 atom stereocenters. The molecule has 0 aliphatic rings. The van der Waals surface area contributed by atoms with Crippen LogP contribution in [0, 0.1) is 0 Å². The third kappa shape index (κ3) is 4.63. The molecule has 0 unspecified atom stereocenters. The van der Waals surface area contributed by atoms with Crippen molar-refractivity contribution in [3.63, 3.8) is 0 Å². The predicted octanol–water partition coefficient (Wildman–Crippen LogP) is 1.49. The van der Waals surface area contributed by atoms with Gasteiger partial charge in [0.1, 0.15) is 12.4 Å². The second-order valence-electron chi connectivity index (χ2n) is 3.34. The second-order valence-corrected chi connectivity index (χ2v) is 3.34. The lowest BCUT2D eigenvalue weighted by molar-refractivity contribution is -0.127. The summed E-state index contributed by atoms with van der Waals surface area (Å²) < 4.78 is 4.44. The summed E-state index contributed by atoms with van der Waals surface area (Å²) in [5.41, 5.74) is 0.0493. The number of ketones is 2. The summed E-state index contributed by atoms with van der Waals surface area (Å²) in [4.78, 5) is 33.0. The maximum atomic E-state index is 11.6. The fourth-order valence-corrected chi connectivity index (χ4v) is 1.36. The highest BCUT2D eigenvalue weighted by Gasteiger charge is 2.19. The molecule has 0 aliphatic heterocycles. The molecular weight excluding hydrogens is 224 g/mol. The van der Waals surface area contributed by atoms with Gasteiger partial charge in [0.2, 0.25) is 0 Å². The minimum Gasteiger partial charge on any atom is -0.512 e. The van der Waals surface area contributed by atoms with Crippen LogP contribution in [-0.4, -0.2) is 29.8 Å². The molecule has 0 aromatic rings. The van der Waals surface area contributed by atoms with Gasteiger partial charge in [-0.15, -0.1) is 0 Å². The molecular formula is C12H16O5. The fourth-order valence-electron chi connectivity index (χ4n) is 1.36. The zero-order chi connectivity index (χ0) is 13.4. The third-order valence-corrected chi connectivity index (χ3v) is 2.06. The van der Waals surface area contributed by atoms with Gasteiger partial charge in [0, 0.05) is 12.0 Å². The van der Waals surface area contributed by atoms with Crippen LogP contribution in [0.25, 0.3) is 0 Å². The van der Waals surface area contributed by atoms with Gasteiger partial charge in [-0.3, -0.25) is 14.4 Å². The second kappa shape index (κ2) is 7.38. The Balaban J connectivity index is 5.37. The average Bonchev–Trinajstić information content (AvgIpc) is 2.25. The van der Waals surface area contributed by atoms with E-state index in [0.717, 1.165) is 0 Å². The molecule has 94 valence electrons. The van der Waals surface area contributed by atoms with E-state index < -0.39 is 5.78 Å². The van der Waals surface area contributed by atoms with E-state index in [-0.39, 0.29) is 42.2 Å². The van der Waals surface area contributed by atoms with Gasteiger partial charge < -0.3 is 9.84 Å². The highest BCUT2D eigenvalue weighted by Crippen LogP contribution is 2.17. The van der Waals surface area contributed by atoms with Crippen LogP contribution in [-0.2, 0) is 19.1 Å². The van der Waals surface area contributed by atoms with Crippen LogP contribution >= 0.6 is 0 Å². The Hall–Kier alpha value is -1.91. The Morgan fingerprint density at radius 1 is 1.29 bits per heavy atom. The van der Waals surface area contributed by atoms with E-state index in [2.05, 4.69) is 4.74 Å². The van der Waals surface area contributed by atoms with E-state index >= 15 is 0 Å². The first-order valence-corrected chi connectivity index (χ1v) is 5.15. The number of aliphatic hydroxyl groups excluding tert-OH is 1. The minimum atomic E-state index is -0.413. The zero-order valence-corrected chi connectivity index (χ0v) is 10.1. The molecule has 0 fully saturated rings. The van der Waals surface area contributed by atoms with Crippen molar-refractivity contribution in [2.75, 3.05) is 6.61 Å².